The van der Waals surface area contributed by atoms with E-state index in [0.29, 0.717) is 18.3 Å². The number of ether oxygens (including phenoxy) is 1. The van der Waals surface area contributed by atoms with Gasteiger partial charge in [0.1, 0.15) is 5.82 Å². The summed E-state index contributed by atoms with van der Waals surface area (Å²) in [4.78, 5) is 19.3. The van der Waals surface area contributed by atoms with Crippen LogP contribution in [-0.4, -0.2) is 33.2 Å². The number of nitrogens with zero attached hydrogens (tertiary/aromatic N) is 2. The van der Waals surface area contributed by atoms with E-state index < -0.39 is 5.97 Å². The first-order valence-corrected chi connectivity index (χ1v) is 6.58. The smallest absolute Gasteiger partial charge is 0.305 e. The van der Waals surface area contributed by atoms with Gasteiger partial charge in [-0.15, -0.1) is 0 Å². The summed E-state index contributed by atoms with van der Waals surface area (Å²) in [7, 11) is 0. The molecule has 1 aromatic heterocycles. The molecule has 0 aromatic carbocycles. The molecule has 1 heterocycles. The minimum absolute atomic E-state index is 0.106. The summed E-state index contributed by atoms with van der Waals surface area (Å²) in [5.74, 6) is 0.254. The average molecular weight is 265 g/mol. The Morgan fingerprint density at radius 1 is 1.53 bits per heavy atom. The summed E-state index contributed by atoms with van der Waals surface area (Å²) < 4.78 is 5.41. The first-order valence-electron chi connectivity index (χ1n) is 6.58. The number of hydrogen-bond acceptors (Lipinski definition) is 5. The van der Waals surface area contributed by atoms with Crippen LogP contribution in [0.25, 0.3) is 0 Å². The van der Waals surface area contributed by atoms with E-state index >= 15 is 0 Å². The topological polar surface area (TPSA) is 84.3 Å². The number of hydrogen-bond donors (Lipinski definition) is 2. The van der Waals surface area contributed by atoms with E-state index in [1.165, 1.54) is 0 Å². The fourth-order valence-electron chi connectivity index (χ4n) is 2.20. The number of carboxylic acids is 1. The lowest BCUT2D eigenvalue weighted by atomic mass is 9.74. The van der Waals surface area contributed by atoms with Gasteiger partial charge in [0.15, 0.2) is 0 Å². The molecule has 0 atom stereocenters. The molecule has 104 valence electrons. The zero-order valence-electron chi connectivity index (χ0n) is 11.1. The normalized spacial score (nSPS) is 16.5. The zero-order valence-corrected chi connectivity index (χ0v) is 11.1. The first kappa shape index (κ1) is 13.6. The van der Waals surface area contributed by atoms with Crippen molar-refractivity contribution in [3.8, 4) is 5.88 Å². The predicted octanol–water partition coefficient (Wildman–Crippen LogP) is 2.07. The van der Waals surface area contributed by atoms with E-state index in [-0.39, 0.29) is 12.0 Å². The van der Waals surface area contributed by atoms with Crippen molar-refractivity contribution in [1.82, 2.24) is 9.97 Å². The Bertz CT molecular complexity index is 447. The number of anilines is 1. The third kappa shape index (κ3) is 3.56. The van der Waals surface area contributed by atoms with Crippen LogP contribution in [0.4, 0.5) is 5.82 Å². The first-order chi connectivity index (χ1) is 9.13. The summed E-state index contributed by atoms with van der Waals surface area (Å²) in [5, 5.41) is 12.2. The van der Waals surface area contributed by atoms with Crippen molar-refractivity contribution in [2.24, 2.45) is 0 Å². The molecule has 1 aliphatic rings. The van der Waals surface area contributed by atoms with E-state index in [1.54, 1.807) is 12.4 Å². The highest BCUT2D eigenvalue weighted by Crippen LogP contribution is 2.37. The molecule has 1 aliphatic carbocycles. The SMILES string of the molecule is CCCOc1cncc(NC2(CC(=O)O)CCC2)n1. The van der Waals surface area contributed by atoms with E-state index in [0.717, 1.165) is 25.7 Å². The fraction of sp³-hybridized carbons (Fsp3) is 0.615. The second-order valence-corrected chi connectivity index (χ2v) is 4.92. The average Bonchev–Trinajstić information content (AvgIpc) is 2.33. The molecule has 0 spiro atoms. The van der Waals surface area contributed by atoms with Crippen LogP contribution in [-0.2, 0) is 4.79 Å². The highest BCUT2D eigenvalue weighted by atomic mass is 16.5. The van der Waals surface area contributed by atoms with Gasteiger partial charge in [0.2, 0.25) is 5.88 Å². The Labute approximate surface area is 112 Å². The number of carbonyl (C=O) groups is 1. The molecule has 0 amide bonds. The van der Waals surface area contributed by atoms with Crippen LogP contribution in [0.15, 0.2) is 12.4 Å². The van der Waals surface area contributed by atoms with E-state index in [2.05, 4.69) is 15.3 Å². The lowest BCUT2D eigenvalue weighted by molar-refractivity contribution is -0.138. The Morgan fingerprint density at radius 2 is 2.32 bits per heavy atom. The molecular formula is C13H19N3O3. The van der Waals surface area contributed by atoms with Gasteiger partial charge in [0, 0.05) is 5.54 Å². The van der Waals surface area contributed by atoms with Gasteiger partial charge in [-0.1, -0.05) is 6.92 Å². The van der Waals surface area contributed by atoms with Gasteiger partial charge in [-0.2, -0.15) is 4.98 Å². The number of aliphatic carboxylic acids is 1. The molecule has 19 heavy (non-hydrogen) atoms. The maximum atomic E-state index is 10.9. The molecule has 1 aromatic rings. The fourth-order valence-corrected chi connectivity index (χ4v) is 2.20. The van der Waals surface area contributed by atoms with Crippen LogP contribution in [0.2, 0.25) is 0 Å². The zero-order chi connectivity index (χ0) is 13.7. The van der Waals surface area contributed by atoms with Crippen molar-refractivity contribution in [2.75, 3.05) is 11.9 Å². The van der Waals surface area contributed by atoms with Crippen molar-refractivity contribution in [1.29, 1.82) is 0 Å². The molecule has 0 bridgehead atoms. The van der Waals surface area contributed by atoms with Gasteiger partial charge < -0.3 is 15.2 Å². The Hall–Kier alpha value is -1.85. The maximum absolute atomic E-state index is 10.9. The van der Waals surface area contributed by atoms with E-state index in [4.69, 9.17) is 9.84 Å². The number of aromatic nitrogens is 2. The van der Waals surface area contributed by atoms with Crippen LogP contribution in [0.1, 0.15) is 39.0 Å². The standard InChI is InChI=1S/C13H19N3O3/c1-2-6-19-11-9-14-8-10(15-11)16-13(4-3-5-13)7-12(17)18/h8-9H,2-7H2,1H3,(H,15,16)(H,17,18). The van der Waals surface area contributed by atoms with Gasteiger partial charge in [0.25, 0.3) is 0 Å². The van der Waals surface area contributed by atoms with Gasteiger partial charge in [-0.25, -0.2) is 0 Å². The van der Waals surface area contributed by atoms with Gasteiger partial charge in [-0.05, 0) is 25.7 Å². The molecule has 0 unspecified atom stereocenters. The lowest BCUT2D eigenvalue weighted by Crippen LogP contribution is -2.47. The van der Waals surface area contributed by atoms with Crippen LogP contribution >= 0.6 is 0 Å². The predicted molar refractivity (Wildman–Crippen MR) is 70.3 cm³/mol. The van der Waals surface area contributed by atoms with Gasteiger partial charge >= 0.3 is 5.97 Å². The second-order valence-electron chi connectivity index (χ2n) is 4.92. The highest BCUT2D eigenvalue weighted by molar-refractivity contribution is 5.69. The lowest BCUT2D eigenvalue weighted by Gasteiger charge is -2.41. The van der Waals surface area contributed by atoms with Crippen LogP contribution in [0, 0.1) is 0 Å². The summed E-state index contributed by atoms with van der Waals surface area (Å²) in [6, 6.07) is 0. The van der Waals surface area contributed by atoms with Crippen molar-refractivity contribution < 1.29 is 14.6 Å². The molecule has 2 N–H and O–H groups in total. The van der Waals surface area contributed by atoms with Crippen molar-refractivity contribution >= 4 is 11.8 Å². The van der Waals surface area contributed by atoms with Crippen molar-refractivity contribution in [3.63, 3.8) is 0 Å². The van der Waals surface area contributed by atoms with E-state index in [1.807, 2.05) is 6.92 Å². The largest absolute Gasteiger partial charge is 0.481 e. The minimum Gasteiger partial charge on any atom is -0.481 e. The molecular weight excluding hydrogens is 246 g/mol. The van der Waals surface area contributed by atoms with Crippen LogP contribution in [0.3, 0.4) is 0 Å². The number of nitrogens with one attached hydrogen (secondary N) is 1. The molecule has 0 radical (unpaired) electrons. The monoisotopic (exact) mass is 265 g/mol. The Balaban J connectivity index is 2.03. The van der Waals surface area contributed by atoms with Gasteiger partial charge in [0.05, 0.1) is 25.4 Å². The van der Waals surface area contributed by atoms with Crippen LogP contribution < -0.4 is 10.1 Å². The highest BCUT2D eigenvalue weighted by Gasteiger charge is 2.39. The van der Waals surface area contributed by atoms with Crippen LogP contribution in [0.5, 0.6) is 5.88 Å². The number of carboxylic acid groups (broad SMARTS) is 1. The third-order valence-electron chi connectivity index (χ3n) is 3.26. The van der Waals surface area contributed by atoms with Crippen molar-refractivity contribution in [2.45, 2.75) is 44.6 Å². The van der Waals surface area contributed by atoms with E-state index in [9.17, 15) is 4.79 Å². The van der Waals surface area contributed by atoms with Gasteiger partial charge in [-0.3, -0.25) is 9.78 Å². The molecule has 2 rings (SSSR count). The second kappa shape index (κ2) is 5.86. The summed E-state index contributed by atoms with van der Waals surface area (Å²) >= 11 is 0. The number of rotatable bonds is 7. The third-order valence-corrected chi connectivity index (χ3v) is 3.26. The quantitative estimate of drug-likeness (QED) is 0.785. The maximum Gasteiger partial charge on any atom is 0.305 e. The summed E-state index contributed by atoms with van der Waals surface area (Å²) in [6.07, 6.45) is 6.91. The Kier molecular flexibility index (Phi) is 4.19. The Morgan fingerprint density at radius 3 is 2.89 bits per heavy atom. The summed E-state index contributed by atoms with van der Waals surface area (Å²) in [5.41, 5.74) is -0.371. The molecule has 1 fully saturated rings. The molecule has 0 aliphatic heterocycles. The molecule has 6 heteroatoms. The summed E-state index contributed by atoms with van der Waals surface area (Å²) in [6.45, 7) is 2.62. The molecule has 0 saturated heterocycles. The minimum atomic E-state index is -0.793. The molecule has 1 saturated carbocycles. The molecule has 6 nitrogen and oxygen atoms in total. The van der Waals surface area contributed by atoms with Crippen molar-refractivity contribution in [3.05, 3.63) is 12.4 Å².